The summed E-state index contributed by atoms with van der Waals surface area (Å²) in [5, 5.41) is 0. The first-order chi connectivity index (χ1) is 6.71. The molecule has 2 N–H and O–H groups in total. The monoisotopic (exact) mass is 193 g/mol. The molecule has 0 saturated heterocycles. The molecule has 1 rings (SSSR count). The van der Waals surface area contributed by atoms with E-state index in [1.165, 1.54) is 57.8 Å². The van der Waals surface area contributed by atoms with Crippen LogP contribution in [0, 0.1) is 0 Å². The van der Waals surface area contributed by atoms with Crippen molar-refractivity contribution < 1.29 is 0 Å². The second-order valence-corrected chi connectivity index (χ2v) is 4.92. The van der Waals surface area contributed by atoms with Gasteiger partial charge < -0.3 is 5.73 Å². The van der Waals surface area contributed by atoms with Crippen LogP contribution in [-0.4, -0.2) is 13.3 Å². The van der Waals surface area contributed by atoms with Crippen LogP contribution < -0.4 is 5.73 Å². The molecular weight excluding hydrogens is 169 g/mol. The highest BCUT2D eigenvalue weighted by atomic mass is 14.7. The predicted molar refractivity (Wildman–Crippen MR) is 63.5 cm³/mol. The van der Waals surface area contributed by atoms with Gasteiger partial charge >= 0.3 is 0 Å². The lowest BCUT2D eigenvalue weighted by Crippen LogP contribution is -2.40. The third-order valence-corrected chi connectivity index (χ3v) is 3.28. The summed E-state index contributed by atoms with van der Waals surface area (Å²) in [5.74, 6) is 0. The molecule has 0 heterocycles. The molecule has 0 aromatic heterocycles. The van der Waals surface area contributed by atoms with Crippen LogP contribution in [0.4, 0.5) is 0 Å². The van der Waals surface area contributed by atoms with Crippen molar-refractivity contribution in [3.8, 4) is 0 Å². The summed E-state index contributed by atoms with van der Waals surface area (Å²) in [4.78, 5) is 0. The summed E-state index contributed by atoms with van der Waals surface area (Å²) in [7, 11) is 6.04. The normalized spacial score (nSPS) is 26.1. The highest BCUT2D eigenvalue weighted by Crippen LogP contribution is 2.20. The lowest BCUT2D eigenvalue weighted by atomic mass is 9.71. The van der Waals surface area contributed by atoms with Gasteiger partial charge in [0.1, 0.15) is 0 Å². The molecule has 0 aromatic carbocycles. The molecule has 1 aliphatic carbocycles. The van der Waals surface area contributed by atoms with Crippen LogP contribution >= 0.6 is 0 Å². The van der Waals surface area contributed by atoms with Gasteiger partial charge in [-0.2, -0.15) is 0 Å². The van der Waals surface area contributed by atoms with Gasteiger partial charge in [0.25, 0.3) is 0 Å². The van der Waals surface area contributed by atoms with Crippen LogP contribution in [0.5, 0.6) is 0 Å². The largest absolute Gasteiger partial charge is 0.333 e. The van der Waals surface area contributed by atoms with Crippen LogP contribution in [0.15, 0.2) is 0 Å². The molecule has 2 heteroatoms. The average Bonchev–Trinajstić information content (AvgIpc) is 2.11. The fourth-order valence-corrected chi connectivity index (χ4v) is 2.27. The maximum Gasteiger partial charge on any atom is 0.0950 e. The van der Waals surface area contributed by atoms with Crippen LogP contribution in [0.3, 0.4) is 0 Å². The SMILES string of the molecule is [B]C1(N)CCCCCCCCCCC1. The third kappa shape index (κ3) is 5.69. The molecule has 2 radical (unpaired) electrons. The van der Waals surface area contributed by atoms with Gasteiger partial charge in [-0.15, -0.1) is 0 Å². The van der Waals surface area contributed by atoms with Gasteiger partial charge in [-0.05, 0) is 18.3 Å². The molecule has 0 aromatic rings. The third-order valence-electron chi connectivity index (χ3n) is 3.28. The summed E-state index contributed by atoms with van der Waals surface area (Å²) >= 11 is 0. The van der Waals surface area contributed by atoms with E-state index in [4.69, 9.17) is 13.6 Å². The fourth-order valence-electron chi connectivity index (χ4n) is 2.27. The van der Waals surface area contributed by atoms with Crippen LogP contribution in [0.25, 0.3) is 0 Å². The zero-order valence-electron chi connectivity index (χ0n) is 9.43. The van der Waals surface area contributed by atoms with Crippen molar-refractivity contribution in [1.82, 2.24) is 0 Å². The summed E-state index contributed by atoms with van der Waals surface area (Å²) < 4.78 is 0. The molecule has 0 aliphatic heterocycles. The molecule has 14 heavy (non-hydrogen) atoms. The molecule has 0 bridgehead atoms. The van der Waals surface area contributed by atoms with Gasteiger partial charge in [0.05, 0.1) is 7.85 Å². The van der Waals surface area contributed by atoms with Crippen molar-refractivity contribution in [3.05, 3.63) is 0 Å². The van der Waals surface area contributed by atoms with E-state index in [2.05, 4.69) is 0 Å². The Labute approximate surface area is 90.2 Å². The van der Waals surface area contributed by atoms with Crippen molar-refractivity contribution in [2.75, 3.05) is 0 Å². The van der Waals surface area contributed by atoms with Crippen molar-refractivity contribution in [3.63, 3.8) is 0 Å². The second kappa shape index (κ2) is 6.50. The Morgan fingerprint density at radius 1 is 0.643 bits per heavy atom. The summed E-state index contributed by atoms with van der Waals surface area (Å²) in [5.41, 5.74) is 5.66. The zero-order valence-corrected chi connectivity index (χ0v) is 9.43. The maximum atomic E-state index is 6.04. The molecule has 0 amide bonds. The lowest BCUT2D eigenvalue weighted by Gasteiger charge is -2.25. The Kier molecular flexibility index (Phi) is 5.61. The smallest absolute Gasteiger partial charge is 0.0950 e. The molecule has 0 unspecified atom stereocenters. The highest BCUT2D eigenvalue weighted by Gasteiger charge is 2.16. The van der Waals surface area contributed by atoms with E-state index in [1.807, 2.05) is 0 Å². The van der Waals surface area contributed by atoms with E-state index >= 15 is 0 Å². The second-order valence-electron chi connectivity index (χ2n) is 4.92. The standard InChI is InChI=1S/C12H24BN/c13-12(14)10-8-6-4-2-1-3-5-7-9-11-12/h1-11,14H2. The van der Waals surface area contributed by atoms with Crippen LogP contribution in [-0.2, 0) is 0 Å². The van der Waals surface area contributed by atoms with Gasteiger partial charge in [0.15, 0.2) is 0 Å². The minimum Gasteiger partial charge on any atom is -0.333 e. The average molecular weight is 193 g/mol. The van der Waals surface area contributed by atoms with Crippen molar-refractivity contribution >= 4 is 7.85 Å². The summed E-state index contributed by atoms with van der Waals surface area (Å²) in [6, 6.07) is 0. The van der Waals surface area contributed by atoms with Crippen molar-refractivity contribution in [2.45, 2.75) is 76.1 Å². The molecule has 1 saturated carbocycles. The first kappa shape index (κ1) is 12.1. The number of hydrogen-bond donors (Lipinski definition) is 1. The van der Waals surface area contributed by atoms with E-state index in [1.54, 1.807) is 0 Å². The van der Waals surface area contributed by atoms with Gasteiger partial charge in [0.2, 0.25) is 0 Å². The topological polar surface area (TPSA) is 26.0 Å². The van der Waals surface area contributed by atoms with Gasteiger partial charge in [-0.3, -0.25) is 0 Å². The number of rotatable bonds is 0. The Morgan fingerprint density at radius 3 is 1.29 bits per heavy atom. The van der Waals surface area contributed by atoms with E-state index < -0.39 is 0 Å². The Morgan fingerprint density at radius 2 is 0.929 bits per heavy atom. The summed E-state index contributed by atoms with van der Waals surface area (Å²) in [6.07, 6.45) is 14.1. The van der Waals surface area contributed by atoms with E-state index in [-0.39, 0.29) is 5.44 Å². The van der Waals surface area contributed by atoms with E-state index in [0.717, 1.165) is 12.8 Å². The van der Waals surface area contributed by atoms with Gasteiger partial charge in [-0.25, -0.2) is 0 Å². The molecule has 80 valence electrons. The minimum absolute atomic E-state index is 0.376. The quantitative estimate of drug-likeness (QED) is 0.587. The molecule has 0 atom stereocenters. The minimum atomic E-state index is -0.376. The first-order valence-electron chi connectivity index (χ1n) is 6.28. The van der Waals surface area contributed by atoms with Gasteiger partial charge in [0, 0.05) is 0 Å². The van der Waals surface area contributed by atoms with Crippen LogP contribution in [0.1, 0.15) is 70.6 Å². The lowest BCUT2D eigenvalue weighted by molar-refractivity contribution is 0.431. The fraction of sp³-hybridized carbons (Fsp3) is 1.00. The van der Waals surface area contributed by atoms with E-state index in [0.29, 0.717) is 0 Å². The maximum absolute atomic E-state index is 6.04. The Hall–Kier alpha value is 0.0249. The summed E-state index contributed by atoms with van der Waals surface area (Å²) in [6.45, 7) is 0. The van der Waals surface area contributed by atoms with Crippen LogP contribution in [0.2, 0.25) is 0 Å². The highest BCUT2D eigenvalue weighted by molar-refractivity contribution is 6.15. The Bertz CT molecular complexity index is 131. The number of hydrogen-bond acceptors (Lipinski definition) is 1. The molecule has 1 fully saturated rings. The molecule has 1 aliphatic rings. The van der Waals surface area contributed by atoms with Gasteiger partial charge in [-0.1, -0.05) is 57.8 Å². The molecular formula is C12H24BN. The van der Waals surface area contributed by atoms with Crippen molar-refractivity contribution in [2.24, 2.45) is 5.73 Å². The van der Waals surface area contributed by atoms with Crippen molar-refractivity contribution in [1.29, 1.82) is 0 Å². The molecule has 0 spiro atoms. The zero-order chi connectivity index (χ0) is 10.3. The molecule has 1 nitrogen and oxygen atoms in total. The predicted octanol–water partition coefficient (Wildman–Crippen LogP) is 3.11. The van der Waals surface area contributed by atoms with E-state index in [9.17, 15) is 0 Å². The number of nitrogens with two attached hydrogens (primary N) is 1. The first-order valence-corrected chi connectivity index (χ1v) is 6.28. The Balaban J connectivity index is 2.24.